The maximum atomic E-state index is 11.0. The van der Waals surface area contributed by atoms with Crippen molar-refractivity contribution in [2.75, 3.05) is 11.9 Å². The lowest BCUT2D eigenvalue weighted by Gasteiger charge is -2.20. The minimum atomic E-state index is -0.394. The van der Waals surface area contributed by atoms with Gasteiger partial charge >= 0.3 is 0 Å². The Hall–Kier alpha value is -1.36. The van der Waals surface area contributed by atoms with E-state index in [9.17, 15) is 9.90 Å². The average Bonchev–Trinajstić information content (AvgIpc) is 2.28. The summed E-state index contributed by atoms with van der Waals surface area (Å²) in [6, 6.07) is 1.42. The lowest BCUT2D eigenvalue weighted by molar-refractivity contribution is 0.114. The van der Waals surface area contributed by atoms with E-state index in [-0.39, 0.29) is 5.56 Å². The molecule has 16 heavy (non-hydrogen) atoms. The van der Waals surface area contributed by atoms with E-state index < -0.39 is 6.10 Å². The molecule has 90 valence electrons. The summed E-state index contributed by atoms with van der Waals surface area (Å²) < 4.78 is 0. The number of nitrogens with zero attached hydrogens (tertiary/aromatic N) is 1. The number of aliphatic hydroxyl groups excluding tert-OH is 1. The molecule has 0 aliphatic heterocycles. The number of aliphatic hydroxyl groups is 1. The number of nitrogens with one attached hydrogen (secondary N) is 2. The number of H-pyrrole nitrogens is 1. The van der Waals surface area contributed by atoms with Gasteiger partial charge in [-0.3, -0.25) is 4.79 Å². The largest absolute Gasteiger partial charge is 0.391 e. The molecule has 0 aliphatic rings. The zero-order valence-electron chi connectivity index (χ0n) is 9.73. The Bertz CT molecular complexity index is 360. The Balaban J connectivity index is 2.48. The highest BCUT2D eigenvalue weighted by atomic mass is 16.3. The van der Waals surface area contributed by atoms with E-state index >= 15 is 0 Å². The zero-order chi connectivity index (χ0) is 12.0. The van der Waals surface area contributed by atoms with Crippen LogP contribution in [0.25, 0.3) is 0 Å². The molecule has 0 bridgehead atoms. The topological polar surface area (TPSA) is 78.0 Å². The Kier molecular flexibility index (Phi) is 4.98. The molecule has 0 aliphatic carbocycles. The minimum absolute atomic E-state index is 0.248. The summed E-state index contributed by atoms with van der Waals surface area (Å²) in [4.78, 5) is 11.0. The van der Waals surface area contributed by atoms with Crippen LogP contribution < -0.4 is 10.9 Å². The Labute approximate surface area is 94.9 Å². The normalized spacial score (nSPS) is 12.8. The van der Waals surface area contributed by atoms with Gasteiger partial charge in [0.05, 0.1) is 18.0 Å². The van der Waals surface area contributed by atoms with Gasteiger partial charge in [-0.15, -0.1) is 0 Å². The number of hydrogen-bond donors (Lipinski definition) is 3. The van der Waals surface area contributed by atoms with Crippen molar-refractivity contribution < 1.29 is 5.11 Å². The second-order valence-electron chi connectivity index (χ2n) is 3.86. The highest BCUT2D eigenvalue weighted by Gasteiger charge is 2.14. The van der Waals surface area contributed by atoms with Crippen molar-refractivity contribution in [1.29, 1.82) is 0 Å². The molecule has 0 spiro atoms. The number of aromatic amines is 1. The fourth-order valence-corrected chi connectivity index (χ4v) is 1.69. The average molecular weight is 225 g/mol. The molecule has 5 heteroatoms. The van der Waals surface area contributed by atoms with Gasteiger partial charge in [0.25, 0.3) is 5.56 Å². The fraction of sp³-hybridized carbons (Fsp3) is 0.636. The summed E-state index contributed by atoms with van der Waals surface area (Å²) in [7, 11) is 0. The summed E-state index contributed by atoms with van der Waals surface area (Å²) in [6.07, 6.45) is 3.04. The van der Waals surface area contributed by atoms with Gasteiger partial charge in [-0.1, -0.05) is 26.7 Å². The van der Waals surface area contributed by atoms with Gasteiger partial charge < -0.3 is 10.4 Å². The van der Waals surface area contributed by atoms with Crippen LogP contribution in [0.3, 0.4) is 0 Å². The van der Waals surface area contributed by atoms with Crippen molar-refractivity contribution in [3.63, 3.8) is 0 Å². The van der Waals surface area contributed by atoms with Crippen molar-refractivity contribution in [2.24, 2.45) is 5.92 Å². The third-order valence-corrected chi connectivity index (χ3v) is 2.77. The lowest BCUT2D eigenvalue weighted by atomic mass is 9.96. The van der Waals surface area contributed by atoms with Crippen molar-refractivity contribution in [1.82, 2.24) is 10.2 Å². The maximum Gasteiger partial charge on any atom is 0.266 e. The van der Waals surface area contributed by atoms with E-state index in [2.05, 4.69) is 29.4 Å². The van der Waals surface area contributed by atoms with E-state index in [4.69, 9.17) is 0 Å². The van der Waals surface area contributed by atoms with E-state index in [0.29, 0.717) is 18.2 Å². The van der Waals surface area contributed by atoms with Gasteiger partial charge in [0.2, 0.25) is 0 Å². The summed E-state index contributed by atoms with van der Waals surface area (Å²) in [6.45, 7) is 4.57. The third-order valence-electron chi connectivity index (χ3n) is 2.77. The van der Waals surface area contributed by atoms with E-state index in [0.717, 1.165) is 12.8 Å². The standard InChI is InChI=1S/C11H19N3O2/c1-3-8(4-2)10(15)7-12-9-5-11(16)14-13-6-9/h5-6,8,10,15H,3-4,7H2,1-2H3,(H2,12,14,16). The SMILES string of the molecule is CCC(CC)C(O)CNc1cn[nH]c(=O)c1. The van der Waals surface area contributed by atoms with Crippen LogP contribution in [0.5, 0.6) is 0 Å². The van der Waals surface area contributed by atoms with Gasteiger partial charge in [0, 0.05) is 12.6 Å². The van der Waals surface area contributed by atoms with Crippen molar-refractivity contribution in [3.8, 4) is 0 Å². The maximum absolute atomic E-state index is 11.0. The van der Waals surface area contributed by atoms with Crippen LogP contribution in [-0.2, 0) is 0 Å². The van der Waals surface area contributed by atoms with Gasteiger partial charge in [-0.2, -0.15) is 5.10 Å². The molecule has 1 aromatic heterocycles. The molecule has 0 saturated heterocycles. The van der Waals surface area contributed by atoms with Crippen LogP contribution in [0.2, 0.25) is 0 Å². The van der Waals surface area contributed by atoms with Crippen LogP contribution in [0.4, 0.5) is 5.69 Å². The third kappa shape index (κ3) is 3.66. The van der Waals surface area contributed by atoms with Crippen molar-refractivity contribution in [2.45, 2.75) is 32.8 Å². The Morgan fingerprint density at radius 1 is 1.50 bits per heavy atom. The predicted octanol–water partition coefficient (Wildman–Crippen LogP) is 0.979. The van der Waals surface area contributed by atoms with Crippen LogP contribution >= 0.6 is 0 Å². The summed E-state index contributed by atoms with van der Waals surface area (Å²) in [5.41, 5.74) is 0.385. The first-order valence-corrected chi connectivity index (χ1v) is 5.64. The molecule has 1 heterocycles. The van der Waals surface area contributed by atoms with Gasteiger partial charge in [-0.25, -0.2) is 5.10 Å². The van der Waals surface area contributed by atoms with Crippen LogP contribution in [0.1, 0.15) is 26.7 Å². The fourth-order valence-electron chi connectivity index (χ4n) is 1.69. The Morgan fingerprint density at radius 2 is 2.19 bits per heavy atom. The second-order valence-corrected chi connectivity index (χ2v) is 3.86. The first-order valence-electron chi connectivity index (χ1n) is 5.64. The molecule has 0 radical (unpaired) electrons. The molecule has 5 nitrogen and oxygen atoms in total. The lowest BCUT2D eigenvalue weighted by Crippen LogP contribution is -2.28. The summed E-state index contributed by atoms with van der Waals surface area (Å²) >= 11 is 0. The molecule has 3 N–H and O–H groups in total. The monoisotopic (exact) mass is 225 g/mol. The summed E-state index contributed by atoms with van der Waals surface area (Å²) in [5, 5.41) is 18.8. The molecule has 1 aromatic rings. The van der Waals surface area contributed by atoms with E-state index in [1.54, 1.807) is 0 Å². The molecule has 0 saturated carbocycles. The molecule has 0 aromatic carbocycles. The highest BCUT2D eigenvalue weighted by Crippen LogP contribution is 2.13. The molecule has 0 fully saturated rings. The van der Waals surface area contributed by atoms with Crippen molar-refractivity contribution in [3.05, 3.63) is 22.6 Å². The minimum Gasteiger partial charge on any atom is -0.391 e. The predicted molar refractivity (Wildman–Crippen MR) is 63.4 cm³/mol. The molecule has 1 rings (SSSR count). The first kappa shape index (κ1) is 12.7. The second kappa shape index (κ2) is 6.27. The molecule has 1 atom stereocenters. The van der Waals surface area contributed by atoms with Crippen LogP contribution in [0, 0.1) is 5.92 Å². The summed E-state index contributed by atoms with van der Waals surface area (Å²) in [5.74, 6) is 0.294. The number of anilines is 1. The smallest absolute Gasteiger partial charge is 0.266 e. The van der Waals surface area contributed by atoms with Crippen molar-refractivity contribution >= 4 is 5.69 Å². The van der Waals surface area contributed by atoms with Crippen LogP contribution in [-0.4, -0.2) is 28.0 Å². The molecular weight excluding hydrogens is 206 g/mol. The molecular formula is C11H19N3O2. The van der Waals surface area contributed by atoms with E-state index in [1.807, 2.05) is 0 Å². The number of hydrogen-bond acceptors (Lipinski definition) is 4. The highest BCUT2D eigenvalue weighted by molar-refractivity contribution is 5.38. The molecule has 0 amide bonds. The molecule has 1 unspecified atom stereocenters. The number of aromatic nitrogens is 2. The van der Waals surface area contributed by atoms with Gasteiger partial charge in [0.15, 0.2) is 0 Å². The van der Waals surface area contributed by atoms with Crippen LogP contribution in [0.15, 0.2) is 17.1 Å². The van der Waals surface area contributed by atoms with Gasteiger partial charge in [0.1, 0.15) is 0 Å². The van der Waals surface area contributed by atoms with Gasteiger partial charge in [-0.05, 0) is 5.92 Å². The Morgan fingerprint density at radius 3 is 2.75 bits per heavy atom. The quantitative estimate of drug-likeness (QED) is 0.674. The first-order chi connectivity index (χ1) is 7.67. The van der Waals surface area contributed by atoms with E-state index in [1.165, 1.54) is 12.3 Å². The number of rotatable bonds is 6. The zero-order valence-corrected chi connectivity index (χ0v) is 9.73.